The minimum atomic E-state index is -0.426. The number of ketones is 1. The van der Waals surface area contributed by atoms with Gasteiger partial charge in [-0.2, -0.15) is 0 Å². The molecule has 3 aromatic rings. The van der Waals surface area contributed by atoms with Crippen molar-refractivity contribution in [3.63, 3.8) is 0 Å². The molecule has 0 fully saturated rings. The maximum absolute atomic E-state index is 12.5. The van der Waals surface area contributed by atoms with Gasteiger partial charge in [0.2, 0.25) is 5.78 Å². The SMILES string of the molecule is COc1ccc2c(c1)O/C(=C\c1ccc(OC(=O)c3ccccc3)cc1)C2=O. The first-order valence-corrected chi connectivity index (χ1v) is 8.63. The Bertz CT molecular complexity index is 1070. The number of hydrogen-bond acceptors (Lipinski definition) is 5. The zero-order valence-electron chi connectivity index (χ0n) is 15.0. The number of fused-ring (bicyclic) bond motifs is 1. The lowest BCUT2D eigenvalue weighted by molar-refractivity contribution is 0.0734. The number of ether oxygens (including phenoxy) is 3. The molecule has 3 aromatic carbocycles. The van der Waals surface area contributed by atoms with Crippen molar-refractivity contribution >= 4 is 17.8 Å². The third kappa shape index (κ3) is 3.50. The topological polar surface area (TPSA) is 61.8 Å². The Morgan fingerprint density at radius 3 is 2.36 bits per heavy atom. The predicted molar refractivity (Wildman–Crippen MR) is 104 cm³/mol. The van der Waals surface area contributed by atoms with E-state index in [1.807, 2.05) is 6.07 Å². The number of carbonyl (C=O) groups excluding carboxylic acids is 2. The van der Waals surface area contributed by atoms with Crippen LogP contribution >= 0.6 is 0 Å². The van der Waals surface area contributed by atoms with E-state index < -0.39 is 5.97 Å². The lowest BCUT2D eigenvalue weighted by atomic mass is 10.1. The fraction of sp³-hybridized carbons (Fsp3) is 0.0435. The van der Waals surface area contributed by atoms with Crippen molar-refractivity contribution in [3.05, 3.63) is 95.2 Å². The fourth-order valence-electron chi connectivity index (χ4n) is 2.82. The van der Waals surface area contributed by atoms with E-state index in [0.29, 0.717) is 28.4 Å². The van der Waals surface area contributed by atoms with Crippen LogP contribution in [0, 0.1) is 0 Å². The van der Waals surface area contributed by atoms with E-state index in [2.05, 4.69) is 0 Å². The Morgan fingerprint density at radius 2 is 1.64 bits per heavy atom. The molecule has 0 N–H and O–H groups in total. The molecule has 1 aliphatic rings. The van der Waals surface area contributed by atoms with Gasteiger partial charge in [0.1, 0.15) is 17.2 Å². The zero-order valence-corrected chi connectivity index (χ0v) is 15.0. The molecule has 0 atom stereocenters. The quantitative estimate of drug-likeness (QED) is 0.382. The summed E-state index contributed by atoms with van der Waals surface area (Å²) in [5, 5.41) is 0. The summed E-state index contributed by atoms with van der Waals surface area (Å²) in [5.74, 6) is 1.14. The largest absolute Gasteiger partial charge is 0.497 e. The summed E-state index contributed by atoms with van der Waals surface area (Å²) in [4.78, 5) is 24.6. The average molecular weight is 372 g/mol. The van der Waals surface area contributed by atoms with Crippen LogP contribution in [0.3, 0.4) is 0 Å². The van der Waals surface area contributed by atoms with Crippen molar-refractivity contribution in [1.82, 2.24) is 0 Å². The van der Waals surface area contributed by atoms with E-state index in [4.69, 9.17) is 14.2 Å². The average Bonchev–Trinajstić information content (AvgIpc) is 3.04. The number of rotatable bonds is 4. The van der Waals surface area contributed by atoms with Crippen molar-refractivity contribution in [1.29, 1.82) is 0 Å². The first-order chi connectivity index (χ1) is 13.6. The molecule has 0 saturated heterocycles. The van der Waals surface area contributed by atoms with Gasteiger partial charge in [-0.1, -0.05) is 30.3 Å². The second-order valence-corrected chi connectivity index (χ2v) is 6.13. The lowest BCUT2D eigenvalue weighted by Crippen LogP contribution is -2.07. The van der Waals surface area contributed by atoms with Gasteiger partial charge in [-0.3, -0.25) is 4.79 Å². The Morgan fingerprint density at radius 1 is 0.929 bits per heavy atom. The number of esters is 1. The number of methoxy groups -OCH3 is 1. The molecular formula is C23H16O5. The van der Waals surface area contributed by atoms with E-state index in [9.17, 15) is 9.59 Å². The molecule has 0 bridgehead atoms. The van der Waals surface area contributed by atoms with Gasteiger partial charge < -0.3 is 14.2 Å². The summed E-state index contributed by atoms with van der Waals surface area (Å²) in [6.07, 6.45) is 1.65. The number of allylic oxidation sites excluding steroid dienone is 1. The van der Waals surface area contributed by atoms with Crippen LogP contribution in [0.4, 0.5) is 0 Å². The predicted octanol–water partition coefficient (Wildman–Crippen LogP) is 4.53. The molecule has 138 valence electrons. The Hall–Kier alpha value is -3.86. The van der Waals surface area contributed by atoms with Crippen LogP contribution in [0.15, 0.2) is 78.6 Å². The monoisotopic (exact) mass is 372 g/mol. The standard InChI is InChI=1S/C23H16O5/c1-26-18-11-12-19-20(14-18)28-21(22(19)24)13-15-7-9-17(10-8-15)27-23(25)16-5-3-2-4-6-16/h2-14H,1H3/b21-13-. The molecule has 0 spiro atoms. The zero-order chi connectivity index (χ0) is 19.5. The Kier molecular flexibility index (Phi) is 4.64. The third-order valence-corrected chi connectivity index (χ3v) is 4.28. The van der Waals surface area contributed by atoms with Crippen LogP contribution in [0.1, 0.15) is 26.3 Å². The molecule has 1 heterocycles. The Labute approximate surface area is 161 Å². The van der Waals surface area contributed by atoms with Crippen molar-refractivity contribution in [2.45, 2.75) is 0 Å². The van der Waals surface area contributed by atoms with Gasteiger partial charge in [-0.25, -0.2) is 4.79 Å². The highest BCUT2D eigenvalue weighted by molar-refractivity contribution is 6.14. The highest BCUT2D eigenvalue weighted by atomic mass is 16.5. The maximum atomic E-state index is 12.5. The van der Waals surface area contributed by atoms with E-state index in [0.717, 1.165) is 5.56 Å². The number of carbonyl (C=O) groups is 2. The van der Waals surface area contributed by atoms with Gasteiger partial charge in [0, 0.05) is 6.07 Å². The minimum Gasteiger partial charge on any atom is -0.497 e. The van der Waals surface area contributed by atoms with Gasteiger partial charge in [-0.15, -0.1) is 0 Å². The van der Waals surface area contributed by atoms with E-state index in [-0.39, 0.29) is 11.5 Å². The fourth-order valence-corrected chi connectivity index (χ4v) is 2.82. The van der Waals surface area contributed by atoms with Gasteiger partial charge in [0.05, 0.1) is 18.2 Å². The smallest absolute Gasteiger partial charge is 0.343 e. The molecule has 0 amide bonds. The molecule has 1 aliphatic heterocycles. The maximum Gasteiger partial charge on any atom is 0.343 e. The van der Waals surface area contributed by atoms with Crippen LogP contribution in [0.25, 0.3) is 6.08 Å². The van der Waals surface area contributed by atoms with E-state index in [1.54, 1.807) is 79.9 Å². The van der Waals surface area contributed by atoms with Crippen molar-refractivity contribution in [2.75, 3.05) is 7.11 Å². The van der Waals surface area contributed by atoms with Crippen LogP contribution < -0.4 is 14.2 Å². The van der Waals surface area contributed by atoms with E-state index in [1.165, 1.54) is 0 Å². The van der Waals surface area contributed by atoms with Crippen LogP contribution in [0.5, 0.6) is 17.2 Å². The third-order valence-electron chi connectivity index (χ3n) is 4.28. The first kappa shape index (κ1) is 17.5. The van der Waals surface area contributed by atoms with Gasteiger partial charge in [0.25, 0.3) is 0 Å². The van der Waals surface area contributed by atoms with Gasteiger partial charge in [0.15, 0.2) is 5.76 Å². The molecule has 5 nitrogen and oxygen atoms in total. The summed E-state index contributed by atoms with van der Waals surface area (Å²) < 4.78 is 16.2. The highest BCUT2D eigenvalue weighted by Gasteiger charge is 2.27. The van der Waals surface area contributed by atoms with Crippen LogP contribution in [0.2, 0.25) is 0 Å². The summed E-state index contributed by atoms with van der Waals surface area (Å²) in [6.45, 7) is 0. The summed E-state index contributed by atoms with van der Waals surface area (Å²) in [5.41, 5.74) is 1.73. The summed E-state index contributed by atoms with van der Waals surface area (Å²) in [7, 11) is 1.56. The molecule has 0 radical (unpaired) electrons. The number of benzene rings is 3. The molecule has 0 aromatic heterocycles. The molecule has 5 heteroatoms. The van der Waals surface area contributed by atoms with Crippen molar-refractivity contribution in [2.24, 2.45) is 0 Å². The Balaban J connectivity index is 1.49. The van der Waals surface area contributed by atoms with E-state index >= 15 is 0 Å². The van der Waals surface area contributed by atoms with Gasteiger partial charge in [-0.05, 0) is 48.0 Å². The second kappa shape index (κ2) is 7.40. The van der Waals surface area contributed by atoms with Gasteiger partial charge >= 0.3 is 5.97 Å². The van der Waals surface area contributed by atoms with Crippen LogP contribution in [-0.2, 0) is 0 Å². The molecular weight excluding hydrogens is 356 g/mol. The van der Waals surface area contributed by atoms with Crippen molar-refractivity contribution in [3.8, 4) is 17.2 Å². The lowest BCUT2D eigenvalue weighted by Gasteiger charge is -2.05. The summed E-state index contributed by atoms with van der Waals surface area (Å²) >= 11 is 0. The molecule has 0 unspecified atom stereocenters. The van der Waals surface area contributed by atoms with Crippen molar-refractivity contribution < 1.29 is 23.8 Å². The normalized spacial score (nSPS) is 13.8. The molecule has 0 saturated carbocycles. The molecule has 28 heavy (non-hydrogen) atoms. The number of hydrogen-bond donors (Lipinski definition) is 0. The minimum absolute atomic E-state index is 0.183. The second-order valence-electron chi connectivity index (χ2n) is 6.13. The highest BCUT2D eigenvalue weighted by Crippen LogP contribution is 2.34. The first-order valence-electron chi connectivity index (χ1n) is 8.63. The molecule has 4 rings (SSSR count). The number of Topliss-reactive ketones (excluding diaryl/α,β-unsaturated/α-hetero) is 1. The molecule has 0 aliphatic carbocycles. The summed E-state index contributed by atoms with van der Waals surface area (Å²) in [6, 6.07) is 20.7. The van der Waals surface area contributed by atoms with Crippen LogP contribution in [-0.4, -0.2) is 18.9 Å².